The second-order valence-corrected chi connectivity index (χ2v) is 7.87. The zero-order valence-electron chi connectivity index (χ0n) is 17.2. The number of aryl methyl sites for hydroxylation is 1. The third-order valence-corrected chi connectivity index (χ3v) is 5.56. The fraction of sp³-hybridized carbons (Fsp3) is 0.421. The van der Waals surface area contributed by atoms with Crippen molar-refractivity contribution >= 4 is 28.4 Å². The number of hydrogen-bond acceptors (Lipinski definition) is 8. The lowest BCUT2D eigenvalue weighted by molar-refractivity contribution is -0.0675. The SMILES string of the molecule is CN1CC[C@@H](Nc2nc(N)c3c(-c4ccc5nnn(CCF)c5n4)ccn3n2)C(F)(F)C1. The average Bonchev–Trinajstić information content (AvgIpc) is 3.34. The van der Waals surface area contributed by atoms with Crippen molar-refractivity contribution in [2.24, 2.45) is 0 Å². The number of nitrogen functional groups attached to an aromatic ring is 1. The molecule has 1 aliphatic rings. The maximum atomic E-state index is 14.4. The summed E-state index contributed by atoms with van der Waals surface area (Å²) in [6, 6.07) is 4.15. The molecule has 0 spiro atoms. The van der Waals surface area contributed by atoms with Crippen LogP contribution in [0.2, 0.25) is 0 Å². The summed E-state index contributed by atoms with van der Waals surface area (Å²) in [5.74, 6) is -2.77. The Morgan fingerprint density at radius 2 is 2.09 bits per heavy atom. The number of rotatable bonds is 5. The van der Waals surface area contributed by atoms with Gasteiger partial charge in [-0.15, -0.1) is 10.2 Å². The van der Waals surface area contributed by atoms with E-state index in [0.29, 0.717) is 34.5 Å². The molecule has 32 heavy (non-hydrogen) atoms. The van der Waals surface area contributed by atoms with Gasteiger partial charge in [0.2, 0.25) is 5.95 Å². The summed E-state index contributed by atoms with van der Waals surface area (Å²) in [5.41, 5.74) is 8.87. The number of alkyl halides is 3. The lowest BCUT2D eigenvalue weighted by Crippen LogP contribution is -2.53. The maximum absolute atomic E-state index is 14.4. The molecule has 0 saturated carbocycles. The minimum Gasteiger partial charge on any atom is -0.382 e. The number of halogens is 3. The van der Waals surface area contributed by atoms with Crippen molar-refractivity contribution in [1.29, 1.82) is 0 Å². The molecule has 10 nitrogen and oxygen atoms in total. The van der Waals surface area contributed by atoms with E-state index in [1.165, 1.54) is 9.20 Å². The second kappa shape index (κ2) is 7.58. The number of likely N-dealkylation sites (tertiary alicyclic amines) is 1. The van der Waals surface area contributed by atoms with E-state index >= 15 is 0 Å². The smallest absolute Gasteiger partial charge is 0.280 e. The van der Waals surface area contributed by atoms with E-state index in [-0.39, 0.29) is 31.3 Å². The Hall–Kier alpha value is -3.48. The molecule has 4 aromatic rings. The Balaban J connectivity index is 1.49. The number of pyridine rings is 1. The first-order valence-corrected chi connectivity index (χ1v) is 10.1. The molecule has 0 aliphatic carbocycles. The third-order valence-electron chi connectivity index (χ3n) is 5.56. The van der Waals surface area contributed by atoms with Gasteiger partial charge in [0.25, 0.3) is 5.92 Å². The van der Waals surface area contributed by atoms with Crippen molar-refractivity contribution < 1.29 is 13.2 Å². The van der Waals surface area contributed by atoms with E-state index in [1.807, 2.05) is 0 Å². The lowest BCUT2D eigenvalue weighted by Gasteiger charge is -2.36. The molecule has 0 radical (unpaired) electrons. The molecule has 5 heterocycles. The van der Waals surface area contributed by atoms with Crippen LogP contribution in [0.4, 0.5) is 24.9 Å². The highest BCUT2D eigenvalue weighted by Gasteiger charge is 2.44. The maximum Gasteiger partial charge on any atom is 0.280 e. The number of piperidine rings is 1. The van der Waals surface area contributed by atoms with Crippen LogP contribution in [0.25, 0.3) is 27.9 Å². The van der Waals surface area contributed by atoms with Gasteiger partial charge in [-0.2, -0.15) is 4.98 Å². The van der Waals surface area contributed by atoms with Crippen molar-refractivity contribution in [3.05, 3.63) is 24.4 Å². The Kier molecular flexibility index (Phi) is 4.84. The molecule has 3 N–H and O–H groups in total. The third kappa shape index (κ3) is 3.47. The van der Waals surface area contributed by atoms with Crippen molar-refractivity contribution in [3.8, 4) is 11.3 Å². The van der Waals surface area contributed by atoms with Crippen LogP contribution < -0.4 is 11.1 Å². The number of aromatic nitrogens is 7. The van der Waals surface area contributed by atoms with Crippen molar-refractivity contribution in [2.45, 2.75) is 24.9 Å². The van der Waals surface area contributed by atoms with Gasteiger partial charge in [0, 0.05) is 18.3 Å². The number of hydrogen-bond donors (Lipinski definition) is 2. The molecule has 4 aromatic heterocycles. The Labute approximate surface area is 180 Å². The molecule has 168 valence electrons. The van der Waals surface area contributed by atoms with Crippen LogP contribution in [0.15, 0.2) is 24.4 Å². The molecular formula is C19H21F3N10. The van der Waals surface area contributed by atoms with Gasteiger partial charge in [-0.3, -0.25) is 0 Å². The summed E-state index contributed by atoms with van der Waals surface area (Å²) in [5, 5.41) is 15.0. The second-order valence-electron chi connectivity index (χ2n) is 7.87. The number of nitrogens with zero attached hydrogens (tertiary/aromatic N) is 8. The Morgan fingerprint density at radius 1 is 1.25 bits per heavy atom. The normalized spacial score (nSPS) is 19.1. The van der Waals surface area contributed by atoms with Gasteiger partial charge in [-0.25, -0.2) is 27.4 Å². The molecule has 1 saturated heterocycles. The van der Waals surface area contributed by atoms with Crippen molar-refractivity contribution in [1.82, 2.24) is 39.5 Å². The van der Waals surface area contributed by atoms with Crippen LogP contribution in [0.5, 0.6) is 0 Å². The molecule has 0 bridgehead atoms. The average molecular weight is 446 g/mol. The molecule has 1 atom stereocenters. The minimum atomic E-state index is -2.92. The molecule has 5 rings (SSSR count). The summed E-state index contributed by atoms with van der Waals surface area (Å²) in [6.07, 6.45) is 1.91. The highest BCUT2D eigenvalue weighted by atomic mass is 19.3. The number of fused-ring (bicyclic) bond motifs is 2. The number of nitrogens with one attached hydrogen (secondary N) is 1. The first-order chi connectivity index (χ1) is 15.4. The predicted molar refractivity (Wildman–Crippen MR) is 112 cm³/mol. The number of nitrogens with two attached hydrogens (primary N) is 1. The van der Waals surface area contributed by atoms with E-state index in [1.54, 1.807) is 36.3 Å². The summed E-state index contributed by atoms with van der Waals surface area (Å²) >= 11 is 0. The van der Waals surface area contributed by atoms with Gasteiger partial charge in [-0.05, 0) is 31.7 Å². The van der Waals surface area contributed by atoms with E-state index < -0.39 is 18.6 Å². The van der Waals surface area contributed by atoms with Crippen LogP contribution in [0, 0.1) is 0 Å². The van der Waals surface area contributed by atoms with Gasteiger partial charge < -0.3 is 16.0 Å². The quantitative estimate of drug-likeness (QED) is 0.477. The van der Waals surface area contributed by atoms with Crippen LogP contribution >= 0.6 is 0 Å². The standard InChI is InChI=1S/C19H21F3N10/c1-30-7-5-14(19(21,22)10-30)25-18-26-16(23)15-11(4-8-31(15)28-18)12-2-3-13-17(24-12)32(9-6-20)29-27-13/h2-4,8,14H,5-7,9-10H2,1H3,(H3,23,25,26,28)/t14-/m1/s1. The Bertz CT molecular complexity index is 1280. The van der Waals surface area contributed by atoms with E-state index in [2.05, 4.69) is 30.7 Å². The fourth-order valence-electron chi connectivity index (χ4n) is 4.00. The Morgan fingerprint density at radius 3 is 2.88 bits per heavy atom. The molecule has 0 amide bonds. The van der Waals surface area contributed by atoms with Gasteiger partial charge in [0.1, 0.15) is 17.7 Å². The first-order valence-electron chi connectivity index (χ1n) is 10.1. The van der Waals surface area contributed by atoms with Crippen molar-refractivity contribution in [2.75, 3.05) is 37.9 Å². The summed E-state index contributed by atoms with van der Waals surface area (Å²) in [4.78, 5) is 10.4. The van der Waals surface area contributed by atoms with Crippen LogP contribution in [-0.4, -0.2) is 78.3 Å². The highest BCUT2D eigenvalue weighted by Crippen LogP contribution is 2.31. The molecule has 13 heteroatoms. The van der Waals surface area contributed by atoms with E-state index in [9.17, 15) is 13.2 Å². The van der Waals surface area contributed by atoms with E-state index in [0.717, 1.165) is 0 Å². The van der Waals surface area contributed by atoms with Crippen LogP contribution in [0.1, 0.15) is 6.42 Å². The predicted octanol–water partition coefficient (Wildman–Crippen LogP) is 1.84. The summed E-state index contributed by atoms with van der Waals surface area (Å²) in [7, 11) is 1.66. The molecule has 1 fully saturated rings. The highest BCUT2D eigenvalue weighted by molar-refractivity contribution is 5.88. The molecule has 0 unspecified atom stereocenters. The topological polar surface area (TPSA) is 115 Å². The zero-order chi connectivity index (χ0) is 22.5. The molecule has 1 aliphatic heterocycles. The zero-order valence-corrected chi connectivity index (χ0v) is 17.2. The minimum absolute atomic E-state index is 0.0278. The van der Waals surface area contributed by atoms with Gasteiger partial charge in [0.05, 0.1) is 24.8 Å². The van der Waals surface area contributed by atoms with E-state index in [4.69, 9.17) is 5.73 Å². The van der Waals surface area contributed by atoms with Gasteiger partial charge >= 0.3 is 0 Å². The largest absolute Gasteiger partial charge is 0.382 e. The monoisotopic (exact) mass is 446 g/mol. The number of anilines is 2. The van der Waals surface area contributed by atoms with Crippen LogP contribution in [0.3, 0.4) is 0 Å². The van der Waals surface area contributed by atoms with Crippen molar-refractivity contribution in [3.63, 3.8) is 0 Å². The summed E-state index contributed by atoms with van der Waals surface area (Å²) in [6.45, 7) is -0.337. The van der Waals surface area contributed by atoms with Gasteiger partial charge in [0.15, 0.2) is 11.5 Å². The van der Waals surface area contributed by atoms with Crippen LogP contribution in [-0.2, 0) is 6.54 Å². The molecule has 0 aromatic carbocycles. The summed E-state index contributed by atoms with van der Waals surface area (Å²) < 4.78 is 44.4. The fourth-order valence-corrected chi connectivity index (χ4v) is 4.00. The first kappa shape index (κ1) is 20.4. The van der Waals surface area contributed by atoms with Gasteiger partial charge in [-0.1, -0.05) is 5.21 Å². The molecular weight excluding hydrogens is 425 g/mol. The lowest BCUT2D eigenvalue weighted by atomic mass is 10.0.